The Morgan fingerprint density at radius 2 is 2.14 bits per heavy atom. The van der Waals surface area contributed by atoms with Crippen molar-refractivity contribution in [3.63, 3.8) is 0 Å². The van der Waals surface area contributed by atoms with Gasteiger partial charge in [0.05, 0.1) is 24.4 Å². The summed E-state index contributed by atoms with van der Waals surface area (Å²) in [5.41, 5.74) is 6.96. The van der Waals surface area contributed by atoms with Crippen molar-refractivity contribution in [3.8, 4) is 5.75 Å². The Hall–Kier alpha value is -2.82. The quantitative estimate of drug-likeness (QED) is 0.569. The van der Waals surface area contributed by atoms with E-state index in [1.165, 1.54) is 5.56 Å². The number of ether oxygens (including phenoxy) is 1. The first-order valence-electron chi connectivity index (χ1n) is 6.64. The summed E-state index contributed by atoms with van der Waals surface area (Å²) in [5.74, 6) is 1.42. The summed E-state index contributed by atoms with van der Waals surface area (Å²) in [7, 11) is 1.64. The van der Waals surface area contributed by atoms with Crippen LogP contribution in [0, 0.1) is 6.92 Å². The highest BCUT2D eigenvalue weighted by Crippen LogP contribution is 2.15. The second kappa shape index (κ2) is 5.66. The predicted octanol–water partition coefficient (Wildman–Crippen LogP) is 3.33. The van der Waals surface area contributed by atoms with E-state index in [9.17, 15) is 0 Å². The van der Waals surface area contributed by atoms with Gasteiger partial charge in [-0.3, -0.25) is 0 Å². The number of hydrogen-bond acceptors (Lipinski definition) is 4. The standard InChI is InChI=1S/C16H16N4O/c1-11-6-7-14-15(8-11)19-16(18-14)20-17-10-12-4-3-5-13(9-12)21-2/h3-10H,1-2H3,(H2,18,19,20)/b17-10-. The molecular weight excluding hydrogens is 264 g/mol. The van der Waals surface area contributed by atoms with Gasteiger partial charge >= 0.3 is 0 Å². The Kier molecular flexibility index (Phi) is 3.55. The fourth-order valence-corrected chi connectivity index (χ4v) is 2.07. The summed E-state index contributed by atoms with van der Waals surface area (Å²) in [4.78, 5) is 7.60. The highest BCUT2D eigenvalue weighted by Gasteiger charge is 2.01. The van der Waals surface area contributed by atoms with Crippen molar-refractivity contribution in [3.05, 3.63) is 53.6 Å². The summed E-state index contributed by atoms with van der Waals surface area (Å²) in [6, 6.07) is 13.8. The van der Waals surface area contributed by atoms with Crippen molar-refractivity contribution in [2.45, 2.75) is 6.92 Å². The van der Waals surface area contributed by atoms with E-state index in [4.69, 9.17) is 4.74 Å². The van der Waals surface area contributed by atoms with Crippen LogP contribution in [0.2, 0.25) is 0 Å². The Labute approximate surface area is 122 Å². The smallest absolute Gasteiger partial charge is 0.222 e. The van der Waals surface area contributed by atoms with Crippen molar-refractivity contribution >= 4 is 23.2 Å². The lowest BCUT2D eigenvalue weighted by Gasteiger charge is -1.99. The third-order valence-electron chi connectivity index (χ3n) is 3.12. The number of hydrazone groups is 1. The molecule has 0 bridgehead atoms. The molecule has 0 unspecified atom stereocenters. The molecule has 0 fully saturated rings. The molecule has 1 heterocycles. The van der Waals surface area contributed by atoms with Crippen LogP contribution in [0.1, 0.15) is 11.1 Å². The van der Waals surface area contributed by atoms with Gasteiger partial charge in [0, 0.05) is 0 Å². The number of rotatable bonds is 4. The van der Waals surface area contributed by atoms with E-state index in [0.717, 1.165) is 22.3 Å². The average Bonchev–Trinajstić information content (AvgIpc) is 2.89. The van der Waals surface area contributed by atoms with Gasteiger partial charge in [-0.15, -0.1) is 0 Å². The number of aromatic amines is 1. The molecule has 2 N–H and O–H groups in total. The number of aromatic nitrogens is 2. The lowest BCUT2D eigenvalue weighted by molar-refractivity contribution is 0.415. The highest BCUT2D eigenvalue weighted by molar-refractivity contribution is 5.81. The van der Waals surface area contributed by atoms with Crippen molar-refractivity contribution in [2.24, 2.45) is 5.10 Å². The summed E-state index contributed by atoms with van der Waals surface area (Å²) >= 11 is 0. The van der Waals surface area contributed by atoms with Crippen molar-refractivity contribution in [2.75, 3.05) is 12.5 Å². The van der Waals surface area contributed by atoms with Crippen LogP contribution in [0.3, 0.4) is 0 Å². The van der Waals surface area contributed by atoms with E-state index in [2.05, 4.69) is 26.6 Å². The maximum Gasteiger partial charge on any atom is 0.222 e. The van der Waals surface area contributed by atoms with Crippen molar-refractivity contribution in [1.82, 2.24) is 9.97 Å². The number of fused-ring (bicyclic) bond motifs is 1. The first kappa shape index (κ1) is 13.2. The highest BCUT2D eigenvalue weighted by atomic mass is 16.5. The Morgan fingerprint density at radius 1 is 1.24 bits per heavy atom. The number of nitrogens with one attached hydrogen (secondary N) is 2. The van der Waals surface area contributed by atoms with E-state index >= 15 is 0 Å². The van der Waals surface area contributed by atoms with Crippen LogP contribution >= 0.6 is 0 Å². The van der Waals surface area contributed by atoms with E-state index in [1.807, 2.05) is 43.3 Å². The van der Waals surface area contributed by atoms with Gasteiger partial charge in [0.15, 0.2) is 0 Å². The lowest BCUT2D eigenvalue weighted by atomic mass is 10.2. The molecule has 0 radical (unpaired) electrons. The van der Waals surface area contributed by atoms with Crippen LogP contribution < -0.4 is 10.2 Å². The lowest BCUT2D eigenvalue weighted by Crippen LogP contribution is -1.92. The van der Waals surface area contributed by atoms with Gasteiger partial charge in [0.2, 0.25) is 5.95 Å². The molecule has 0 atom stereocenters. The number of benzene rings is 2. The number of hydrogen-bond donors (Lipinski definition) is 2. The SMILES string of the molecule is COc1cccc(/C=N\Nc2nc3ccc(C)cc3[nH]2)c1. The first-order chi connectivity index (χ1) is 10.2. The van der Waals surface area contributed by atoms with Crippen molar-refractivity contribution in [1.29, 1.82) is 0 Å². The minimum absolute atomic E-state index is 0.620. The zero-order valence-corrected chi connectivity index (χ0v) is 11.9. The Balaban J connectivity index is 1.74. The average molecular weight is 280 g/mol. The molecule has 3 rings (SSSR count). The molecule has 0 aliphatic rings. The van der Waals surface area contributed by atoms with Crippen LogP contribution in [0.15, 0.2) is 47.6 Å². The number of methoxy groups -OCH3 is 1. The molecule has 21 heavy (non-hydrogen) atoms. The second-order valence-electron chi connectivity index (χ2n) is 4.75. The summed E-state index contributed by atoms with van der Waals surface area (Å²) in [6.45, 7) is 2.05. The minimum Gasteiger partial charge on any atom is -0.497 e. The maximum atomic E-state index is 5.17. The number of H-pyrrole nitrogens is 1. The molecule has 0 aliphatic carbocycles. The zero-order chi connectivity index (χ0) is 14.7. The molecule has 0 saturated carbocycles. The summed E-state index contributed by atoms with van der Waals surface area (Å²) in [5, 5.41) is 4.18. The Bertz CT molecular complexity index is 792. The minimum atomic E-state index is 0.620. The van der Waals surface area contributed by atoms with Crippen LogP contribution in [0.5, 0.6) is 5.75 Å². The fraction of sp³-hybridized carbons (Fsp3) is 0.125. The largest absolute Gasteiger partial charge is 0.497 e. The molecule has 0 aliphatic heterocycles. The van der Waals surface area contributed by atoms with Gasteiger partial charge in [-0.1, -0.05) is 18.2 Å². The van der Waals surface area contributed by atoms with E-state index in [0.29, 0.717) is 5.95 Å². The predicted molar refractivity (Wildman–Crippen MR) is 85.0 cm³/mol. The molecule has 2 aromatic carbocycles. The van der Waals surface area contributed by atoms with Crippen molar-refractivity contribution < 1.29 is 4.74 Å². The molecule has 0 spiro atoms. The summed E-state index contributed by atoms with van der Waals surface area (Å²) < 4.78 is 5.17. The molecule has 3 aromatic rings. The van der Waals surface area contributed by atoms with Gasteiger partial charge in [-0.25, -0.2) is 10.4 Å². The van der Waals surface area contributed by atoms with Gasteiger partial charge < -0.3 is 9.72 Å². The van der Waals surface area contributed by atoms with Crippen LogP contribution in [-0.4, -0.2) is 23.3 Å². The fourth-order valence-electron chi connectivity index (χ4n) is 2.07. The number of aryl methyl sites for hydroxylation is 1. The Morgan fingerprint density at radius 3 is 3.00 bits per heavy atom. The van der Waals surface area contributed by atoms with Crippen LogP contribution in [-0.2, 0) is 0 Å². The molecule has 5 heteroatoms. The third-order valence-corrected chi connectivity index (χ3v) is 3.12. The molecular formula is C16H16N4O. The summed E-state index contributed by atoms with van der Waals surface area (Å²) in [6.07, 6.45) is 1.72. The van der Waals surface area contributed by atoms with Crippen LogP contribution in [0.4, 0.5) is 5.95 Å². The van der Waals surface area contributed by atoms with Gasteiger partial charge in [0.25, 0.3) is 0 Å². The second-order valence-corrected chi connectivity index (χ2v) is 4.75. The first-order valence-corrected chi connectivity index (χ1v) is 6.64. The van der Waals surface area contributed by atoms with Crippen LogP contribution in [0.25, 0.3) is 11.0 Å². The van der Waals surface area contributed by atoms with Gasteiger partial charge in [-0.05, 0) is 42.3 Å². The van der Waals surface area contributed by atoms with E-state index in [-0.39, 0.29) is 0 Å². The zero-order valence-electron chi connectivity index (χ0n) is 11.9. The normalized spacial score (nSPS) is 11.1. The third kappa shape index (κ3) is 3.02. The number of nitrogens with zero attached hydrogens (tertiary/aromatic N) is 2. The molecule has 1 aromatic heterocycles. The number of imidazole rings is 1. The van der Waals surface area contributed by atoms with Gasteiger partial charge in [0.1, 0.15) is 5.75 Å². The number of anilines is 1. The maximum absolute atomic E-state index is 5.17. The topological polar surface area (TPSA) is 62.3 Å². The molecule has 0 saturated heterocycles. The van der Waals surface area contributed by atoms with E-state index < -0.39 is 0 Å². The molecule has 106 valence electrons. The van der Waals surface area contributed by atoms with Gasteiger partial charge in [-0.2, -0.15) is 5.10 Å². The monoisotopic (exact) mass is 280 g/mol. The van der Waals surface area contributed by atoms with E-state index in [1.54, 1.807) is 13.3 Å². The molecule has 5 nitrogen and oxygen atoms in total. The molecule has 0 amide bonds.